The third kappa shape index (κ3) is 4.47. The number of aliphatic hydroxyl groups excluding tert-OH is 1. The maximum absolute atomic E-state index is 11.9. The maximum Gasteiger partial charge on any atom is 0.254 e. The molecule has 4 aliphatic rings. The van der Waals surface area contributed by atoms with Gasteiger partial charge < -0.3 is 15.5 Å². The summed E-state index contributed by atoms with van der Waals surface area (Å²) in [5, 5.41) is 29.4. The van der Waals surface area contributed by atoms with E-state index in [1.54, 1.807) is 24.1 Å². The van der Waals surface area contributed by atoms with Crippen LogP contribution in [-0.4, -0.2) is 44.7 Å². The normalized spacial score (nSPS) is 44.3. The minimum Gasteiger partial charge on any atom is -0.391 e. The summed E-state index contributed by atoms with van der Waals surface area (Å²) in [5.41, 5.74) is 0.548. The fraction of sp³-hybridized carbons (Fsp3) is 0.862. The van der Waals surface area contributed by atoms with Crippen molar-refractivity contribution in [2.75, 3.05) is 7.05 Å². The van der Waals surface area contributed by atoms with Crippen molar-refractivity contribution in [3.05, 3.63) is 18.0 Å². The SMILES string of the molecule is CNC(=O)c1cnn(CC(O)[C@H]2CC[C@H]3C4CCC(CC[C@]23C)[C@@]2(C)CC[C@@](C)(O)C[C@H]2CC4)c1. The predicted molar refractivity (Wildman–Crippen MR) is 137 cm³/mol. The lowest BCUT2D eigenvalue weighted by Gasteiger charge is -2.56. The van der Waals surface area contributed by atoms with Gasteiger partial charge in [-0.25, -0.2) is 0 Å². The van der Waals surface area contributed by atoms with Gasteiger partial charge in [0.05, 0.1) is 30.0 Å². The lowest BCUT2D eigenvalue weighted by atomic mass is 9.50. The standard InChI is InChI=1S/C29H47N3O3/c1-27(35)13-14-28(2)21-7-5-19(6-8-22(28)15-27)23-9-10-24(29(23,3)12-11-21)25(33)18-32-17-20(16-31-32)26(34)30-4/h16-17,19,21-25,33,35H,5-15,18H2,1-4H3,(H,30,34)/t19?,21?,22-,23+,24-,25?,27-,28-,29+/m1/s1. The Morgan fingerprint density at radius 1 is 1.06 bits per heavy atom. The van der Waals surface area contributed by atoms with Gasteiger partial charge in [-0.2, -0.15) is 5.10 Å². The first-order chi connectivity index (χ1) is 16.6. The maximum atomic E-state index is 11.9. The van der Waals surface area contributed by atoms with Crippen LogP contribution in [-0.2, 0) is 6.54 Å². The molecule has 196 valence electrons. The van der Waals surface area contributed by atoms with E-state index in [4.69, 9.17) is 0 Å². The fourth-order valence-corrected chi connectivity index (χ4v) is 9.36. The van der Waals surface area contributed by atoms with Crippen molar-refractivity contribution in [1.82, 2.24) is 15.1 Å². The van der Waals surface area contributed by atoms with E-state index in [1.165, 1.54) is 44.9 Å². The van der Waals surface area contributed by atoms with Crippen LogP contribution in [0.25, 0.3) is 0 Å². The number of aliphatic hydroxyl groups is 2. The Morgan fingerprint density at radius 3 is 2.54 bits per heavy atom. The van der Waals surface area contributed by atoms with Crippen LogP contribution in [0.5, 0.6) is 0 Å². The molecule has 4 fully saturated rings. The molecule has 0 aliphatic heterocycles. The lowest BCUT2D eigenvalue weighted by Crippen LogP contribution is -2.49. The molecule has 3 unspecified atom stereocenters. The zero-order valence-corrected chi connectivity index (χ0v) is 22.3. The first-order valence-electron chi connectivity index (χ1n) is 14.2. The number of nitrogens with zero attached hydrogens (tertiary/aromatic N) is 2. The van der Waals surface area contributed by atoms with E-state index < -0.39 is 11.7 Å². The number of rotatable bonds is 4. The summed E-state index contributed by atoms with van der Waals surface area (Å²) in [6, 6.07) is 0. The van der Waals surface area contributed by atoms with Crippen molar-refractivity contribution >= 4 is 5.91 Å². The van der Waals surface area contributed by atoms with Gasteiger partial charge in [0.25, 0.3) is 5.91 Å². The summed E-state index contributed by atoms with van der Waals surface area (Å²) in [4.78, 5) is 11.9. The Morgan fingerprint density at radius 2 is 1.80 bits per heavy atom. The summed E-state index contributed by atoms with van der Waals surface area (Å²) in [6.45, 7) is 7.54. The van der Waals surface area contributed by atoms with Crippen LogP contribution in [0.2, 0.25) is 0 Å². The molecule has 9 atom stereocenters. The van der Waals surface area contributed by atoms with Crippen LogP contribution in [0.3, 0.4) is 0 Å². The second-order valence-electron chi connectivity index (χ2n) is 13.4. The van der Waals surface area contributed by atoms with Gasteiger partial charge in [0.1, 0.15) is 0 Å². The number of aromatic nitrogens is 2. The molecule has 1 amide bonds. The second-order valence-corrected chi connectivity index (χ2v) is 13.4. The van der Waals surface area contributed by atoms with Crippen LogP contribution in [0.15, 0.2) is 12.4 Å². The topological polar surface area (TPSA) is 87.4 Å². The highest BCUT2D eigenvalue weighted by Gasteiger charge is 2.56. The van der Waals surface area contributed by atoms with E-state index in [0.29, 0.717) is 29.4 Å². The first-order valence-corrected chi connectivity index (χ1v) is 14.2. The highest BCUT2D eigenvalue weighted by molar-refractivity contribution is 5.93. The average molecular weight is 486 g/mol. The Hall–Kier alpha value is -1.40. The number of carbonyl (C=O) groups is 1. The van der Waals surface area contributed by atoms with Crippen LogP contribution in [0.1, 0.15) is 102 Å². The van der Waals surface area contributed by atoms with E-state index in [9.17, 15) is 15.0 Å². The van der Waals surface area contributed by atoms with Crippen molar-refractivity contribution in [2.24, 2.45) is 40.4 Å². The number of hydrogen-bond donors (Lipinski definition) is 3. The molecular weight excluding hydrogens is 438 g/mol. The molecule has 1 aromatic heterocycles. The molecule has 6 heteroatoms. The third-order valence-electron chi connectivity index (χ3n) is 11.6. The molecule has 4 aliphatic carbocycles. The molecule has 2 bridgehead atoms. The molecule has 0 aromatic carbocycles. The fourth-order valence-electron chi connectivity index (χ4n) is 9.36. The van der Waals surface area contributed by atoms with Crippen molar-refractivity contribution < 1.29 is 15.0 Å². The van der Waals surface area contributed by atoms with Crippen LogP contribution in [0.4, 0.5) is 0 Å². The smallest absolute Gasteiger partial charge is 0.254 e. The van der Waals surface area contributed by atoms with Crippen LogP contribution in [0, 0.1) is 40.4 Å². The molecule has 3 N–H and O–H groups in total. The second kappa shape index (κ2) is 9.16. The van der Waals surface area contributed by atoms with E-state index in [-0.39, 0.29) is 17.2 Å². The molecule has 0 saturated heterocycles. The molecule has 6 nitrogen and oxygen atoms in total. The Kier molecular flexibility index (Phi) is 6.61. The summed E-state index contributed by atoms with van der Waals surface area (Å²) >= 11 is 0. The molecule has 1 aromatic rings. The third-order valence-corrected chi connectivity index (χ3v) is 11.6. The summed E-state index contributed by atoms with van der Waals surface area (Å²) < 4.78 is 1.75. The number of carbonyl (C=O) groups excluding carboxylic acids is 1. The quantitative estimate of drug-likeness (QED) is 0.572. The minimum absolute atomic E-state index is 0.141. The van der Waals surface area contributed by atoms with Crippen molar-refractivity contribution in [3.63, 3.8) is 0 Å². The van der Waals surface area contributed by atoms with Gasteiger partial charge in [-0.1, -0.05) is 13.8 Å². The van der Waals surface area contributed by atoms with Gasteiger partial charge in [-0.05, 0) is 118 Å². The molecule has 35 heavy (non-hydrogen) atoms. The Balaban J connectivity index is 1.35. The predicted octanol–water partition coefficient (Wildman–Crippen LogP) is 4.79. The van der Waals surface area contributed by atoms with Crippen molar-refractivity contribution in [3.8, 4) is 0 Å². The van der Waals surface area contributed by atoms with Crippen molar-refractivity contribution in [1.29, 1.82) is 0 Å². The number of fused-ring (bicyclic) bond motifs is 7. The van der Waals surface area contributed by atoms with Gasteiger partial charge >= 0.3 is 0 Å². The lowest BCUT2D eigenvalue weighted by molar-refractivity contribution is -0.103. The van der Waals surface area contributed by atoms with Gasteiger partial charge in [0, 0.05) is 13.2 Å². The number of nitrogens with one attached hydrogen (secondary N) is 1. The largest absolute Gasteiger partial charge is 0.391 e. The van der Waals surface area contributed by atoms with Crippen molar-refractivity contribution in [2.45, 2.75) is 110 Å². The Bertz CT molecular complexity index is 928. The van der Waals surface area contributed by atoms with Crippen LogP contribution >= 0.6 is 0 Å². The average Bonchev–Trinajstić information content (AvgIpc) is 3.39. The van der Waals surface area contributed by atoms with Gasteiger partial charge in [0.15, 0.2) is 0 Å². The summed E-state index contributed by atoms with van der Waals surface area (Å²) in [6.07, 6.45) is 15.9. The zero-order valence-electron chi connectivity index (χ0n) is 22.3. The van der Waals surface area contributed by atoms with E-state index in [2.05, 4.69) is 31.2 Å². The minimum atomic E-state index is -0.491. The first kappa shape index (κ1) is 25.3. The Labute approximate surface area is 211 Å². The molecule has 4 saturated carbocycles. The highest BCUT2D eigenvalue weighted by atomic mass is 16.3. The van der Waals surface area contributed by atoms with E-state index in [0.717, 1.165) is 37.5 Å². The zero-order chi connectivity index (χ0) is 25.0. The monoisotopic (exact) mass is 485 g/mol. The molecular formula is C29H47N3O3. The molecule has 0 spiro atoms. The van der Waals surface area contributed by atoms with Gasteiger partial charge in [0.2, 0.25) is 0 Å². The highest BCUT2D eigenvalue weighted by Crippen LogP contribution is 2.63. The van der Waals surface area contributed by atoms with E-state index >= 15 is 0 Å². The molecule has 5 rings (SSSR count). The van der Waals surface area contributed by atoms with Gasteiger partial charge in [-0.15, -0.1) is 0 Å². The van der Waals surface area contributed by atoms with E-state index in [1.807, 2.05) is 0 Å². The number of hydrogen-bond acceptors (Lipinski definition) is 4. The number of amides is 1. The van der Waals surface area contributed by atoms with Gasteiger partial charge in [-0.3, -0.25) is 9.48 Å². The summed E-state index contributed by atoms with van der Waals surface area (Å²) in [7, 11) is 1.62. The molecule has 1 heterocycles. The van der Waals surface area contributed by atoms with Crippen LogP contribution < -0.4 is 5.32 Å². The summed E-state index contributed by atoms with van der Waals surface area (Å²) in [5.74, 6) is 2.91. The molecule has 0 radical (unpaired) electrons.